The molecule has 0 amide bonds. The quantitative estimate of drug-likeness (QED) is 0.696. The molecule has 2 atom stereocenters. The number of esters is 1. The number of carbonyl (C=O) groups excluding carboxylic acids is 2. The molecule has 0 unspecified atom stereocenters. The first-order valence-corrected chi connectivity index (χ1v) is 7.51. The van der Waals surface area contributed by atoms with E-state index < -0.39 is 18.2 Å². The van der Waals surface area contributed by atoms with Crippen LogP contribution in [-0.2, 0) is 14.3 Å². The number of benzene rings is 1. The Labute approximate surface area is 128 Å². The van der Waals surface area contributed by atoms with Crippen molar-refractivity contribution in [3.8, 4) is 0 Å². The van der Waals surface area contributed by atoms with E-state index in [1.165, 1.54) is 0 Å². The zero-order valence-electron chi connectivity index (χ0n) is 12.7. The molecule has 0 bridgehead atoms. The number of aryl methyl sites for hydroxylation is 1. The van der Waals surface area contributed by atoms with E-state index in [4.69, 9.17) is 9.47 Å². The van der Waals surface area contributed by atoms with E-state index in [2.05, 4.69) is 4.98 Å². The lowest BCUT2D eigenvalue weighted by Crippen LogP contribution is -2.30. The van der Waals surface area contributed by atoms with Crippen LogP contribution in [0.15, 0.2) is 24.3 Å². The summed E-state index contributed by atoms with van der Waals surface area (Å²) in [6.45, 7) is 4.03. The summed E-state index contributed by atoms with van der Waals surface area (Å²) in [5.74, 6) is -0.642. The molecule has 1 N–H and O–H groups in total. The van der Waals surface area contributed by atoms with E-state index in [1.807, 2.05) is 31.2 Å². The van der Waals surface area contributed by atoms with Gasteiger partial charge in [0.2, 0.25) is 5.78 Å². The number of hydrogen-bond donors (Lipinski definition) is 1. The average Bonchev–Trinajstić information content (AvgIpc) is 3.13. The summed E-state index contributed by atoms with van der Waals surface area (Å²) < 4.78 is 10.6. The van der Waals surface area contributed by atoms with Gasteiger partial charge < -0.3 is 14.5 Å². The third kappa shape index (κ3) is 2.64. The van der Waals surface area contributed by atoms with Crippen LogP contribution >= 0.6 is 0 Å². The molecule has 22 heavy (non-hydrogen) atoms. The van der Waals surface area contributed by atoms with Gasteiger partial charge in [0, 0.05) is 28.8 Å². The number of aromatic nitrogens is 1. The third-order valence-corrected chi connectivity index (χ3v) is 3.99. The van der Waals surface area contributed by atoms with Gasteiger partial charge in [0.05, 0.1) is 0 Å². The van der Waals surface area contributed by atoms with E-state index in [0.29, 0.717) is 18.6 Å². The number of para-hydroxylation sites is 1. The Morgan fingerprint density at radius 2 is 2.14 bits per heavy atom. The SMILES string of the molecule is Cc1[nH]c2ccccc2c1C(=O)[C@H](C)OC(=O)[C@@H]1CCCO1. The van der Waals surface area contributed by atoms with Gasteiger partial charge in [-0.1, -0.05) is 18.2 Å². The molecule has 2 aromatic rings. The second-order valence-corrected chi connectivity index (χ2v) is 5.62. The lowest BCUT2D eigenvalue weighted by atomic mass is 10.0. The van der Waals surface area contributed by atoms with Crippen LogP contribution in [0.3, 0.4) is 0 Å². The second kappa shape index (κ2) is 5.93. The Hall–Kier alpha value is -2.14. The van der Waals surface area contributed by atoms with Gasteiger partial charge in [-0.15, -0.1) is 0 Å². The molecule has 3 rings (SSSR count). The minimum Gasteiger partial charge on any atom is -0.452 e. The van der Waals surface area contributed by atoms with Crippen LogP contribution in [0, 0.1) is 6.92 Å². The third-order valence-electron chi connectivity index (χ3n) is 3.99. The molecule has 1 fully saturated rings. The molecule has 0 aliphatic carbocycles. The maximum atomic E-state index is 12.7. The Morgan fingerprint density at radius 1 is 1.36 bits per heavy atom. The lowest BCUT2D eigenvalue weighted by molar-refractivity contribution is -0.156. The van der Waals surface area contributed by atoms with Crippen molar-refractivity contribution in [2.24, 2.45) is 0 Å². The van der Waals surface area contributed by atoms with E-state index in [0.717, 1.165) is 23.0 Å². The van der Waals surface area contributed by atoms with Crippen LogP contribution in [0.25, 0.3) is 10.9 Å². The molecule has 116 valence electrons. The monoisotopic (exact) mass is 301 g/mol. The molecule has 0 saturated carbocycles. The minimum absolute atomic E-state index is 0.193. The van der Waals surface area contributed by atoms with Gasteiger partial charge in [-0.05, 0) is 32.8 Å². The highest BCUT2D eigenvalue weighted by Gasteiger charge is 2.30. The van der Waals surface area contributed by atoms with Crippen molar-refractivity contribution in [1.29, 1.82) is 0 Å². The smallest absolute Gasteiger partial charge is 0.335 e. The number of H-pyrrole nitrogens is 1. The van der Waals surface area contributed by atoms with E-state index in [-0.39, 0.29) is 5.78 Å². The van der Waals surface area contributed by atoms with Gasteiger partial charge in [-0.3, -0.25) is 4.79 Å². The van der Waals surface area contributed by atoms with Crippen molar-refractivity contribution in [3.63, 3.8) is 0 Å². The van der Waals surface area contributed by atoms with Gasteiger partial charge in [-0.2, -0.15) is 0 Å². The van der Waals surface area contributed by atoms with Crippen molar-refractivity contribution < 1.29 is 19.1 Å². The Balaban J connectivity index is 1.79. The highest BCUT2D eigenvalue weighted by molar-refractivity contribution is 6.11. The molecule has 1 aliphatic rings. The lowest BCUT2D eigenvalue weighted by Gasteiger charge is -2.15. The fourth-order valence-corrected chi connectivity index (χ4v) is 2.86. The van der Waals surface area contributed by atoms with Gasteiger partial charge >= 0.3 is 5.97 Å². The Bertz CT molecular complexity index is 713. The number of rotatable bonds is 4. The molecular formula is C17H19NO4. The predicted molar refractivity (Wildman–Crippen MR) is 81.9 cm³/mol. The molecule has 1 aromatic carbocycles. The molecule has 5 heteroatoms. The number of ether oxygens (including phenoxy) is 2. The van der Waals surface area contributed by atoms with Gasteiger partial charge in [0.1, 0.15) is 0 Å². The fraction of sp³-hybridized carbons (Fsp3) is 0.412. The molecular weight excluding hydrogens is 282 g/mol. The second-order valence-electron chi connectivity index (χ2n) is 5.62. The van der Waals surface area contributed by atoms with Gasteiger partial charge in [0.25, 0.3) is 0 Å². The number of aromatic amines is 1. The molecule has 0 radical (unpaired) electrons. The summed E-state index contributed by atoms with van der Waals surface area (Å²) in [6, 6.07) is 7.60. The largest absolute Gasteiger partial charge is 0.452 e. The van der Waals surface area contributed by atoms with Crippen molar-refractivity contribution in [2.75, 3.05) is 6.61 Å². The highest BCUT2D eigenvalue weighted by atomic mass is 16.6. The van der Waals surface area contributed by atoms with Crippen molar-refractivity contribution in [2.45, 2.75) is 38.9 Å². The molecule has 2 heterocycles. The summed E-state index contributed by atoms with van der Waals surface area (Å²) >= 11 is 0. The van der Waals surface area contributed by atoms with Crippen LogP contribution in [0.2, 0.25) is 0 Å². The van der Waals surface area contributed by atoms with Crippen molar-refractivity contribution in [1.82, 2.24) is 4.98 Å². The molecule has 1 saturated heterocycles. The van der Waals surface area contributed by atoms with E-state index in [1.54, 1.807) is 6.92 Å². The van der Waals surface area contributed by atoms with Crippen LogP contribution in [0.1, 0.15) is 35.8 Å². The highest BCUT2D eigenvalue weighted by Crippen LogP contribution is 2.24. The maximum absolute atomic E-state index is 12.7. The zero-order chi connectivity index (χ0) is 15.7. The molecule has 1 aromatic heterocycles. The summed E-state index contributed by atoms with van der Waals surface area (Å²) in [5.41, 5.74) is 2.27. The maximum Gasteiger partial charge on any atom is 0.335 e. The summed E-state index contributed by atoms with van der Waals surface area (Å²) in [5, 5.41) is 0.852. The number of hydrogen-bond acceptors (Lipinski definition) is 4. The van der Waals surface area contributed by atoms with Crippen LogP contribution in [0.5, 0.6) is 0 Å². The standard InChI is InChI=1S/C17H19NO4/c1-10-15(12-6-3-4-7-13(12)18-10)16(19)11(2)22-17(20)14-8-5-9-21-14/h3-4,6-7,11,14,18H,5,8-9H2,1-2H3/t11-,14-/m0/s1. The zero-order valence-corrected chi connectivity index (χ0v) is 12.7. The van der Waals surface area contributed by atoms with E-state index in [9.17, 15) is 9.59 Å². The summed E-state index contributed by atoms with van der Waals surface area (Å²) in [6.07, 6.45) is 0.157. The first-order valence-electron chi connectivity index (χ1n) is 7.51. The topological polar surface area (TPSA) is 68.4 Å². The molecule has 1 aliphatic heterocycles. The molecule has 5 nitrogen and oxygen atoms in total. The number of carbonyl (C=O) groups is 2. The number of Topliss-reactive ketones (excluding diaryl/α,β-unsaturated/α-hetero) is 1. The predicted octanol–water partition coefficient (Wildman–Crippen LogP) is 2.77. The fourth-order valence-electron chi connectivity index (χ4n) is 2.86. The Morgan fingerprint density at radius 3 is 2.86 bits per heavy atom. The first kappa shape index (κ1) is 14.8. The van der Waals surface area contributed by atoms with Gasteiger partial charge in [-0.25, -0.2) is 4.79 Å². The normalized spacial score (nSPS) is 19.3. The van der Waals surface area contributed by atoms with Crippen LogP contribution < -0.4 is 0 Å². The van der Waals surface area contributed by atoms with Gasteiger partial charge in [0.15, 0.2) is 12.2 Å². The minimum atomic E-state index is -0.824. The van der Waals surface area contributed by atoms with Crippen LogP contribution in [-0.4, -0.2) is 35.6 Å². The Kier molecular flexibility index (Phi) is 3.98. The summed E-state index contributed by atoms with van der Waals surface area (Å²) in [7, 11) is 0. The molecule has 0 spiro atoms. The number of fused-ring (bicyclic) bond motifs is 1. The van der Waals surface area contributed by atoms with Crippen LogP contribution in [0.4, 0.5) is 0 Å². The first-order chi connectivity index (χ1) is 10.6. The van der Waals surface area contributed by atoms with Crippen molar-refractivity contribution in [3.05, 3.63) is 35.5 Å². The summed E-state index contributed by atoms with van der Waals surface area (Å²) in [4.78, 5) is 27.8. The van der Waals surface area contributed by atoms with Crippen molar-refractivity contribution >= 4 is 22.7 Å². The van der Waals surface area contributed by atoms with E-state index >= 15 is 0 Å². The number of ketones is 1. The number of nitrogens with one attached hydrogen (secondary N) is 1. The average molecular weight is 301 g/mol.